The molecule has 106 valence electrons. The van der Waals surface area contributed by atoms with Gasteiger partial charge in [-0.3, -0.25) is 0 Å². The van der Waals surface area contributed by atoms with Gasteiger partial charge in [0, 0.05) is 6.04 Å². The van der Waals surface area contributed by atoms with Crippen molar-refractivity contribution in [3.63, 3.8) is 0 Å². The van der Waals surface area contributed by atoms with Crippen LogP contribution < -0.4 is 19.9 Å². The number of primary sulfonamides is 1. The smallest absolute Gasteiger partial charge is 0.231 e. The number of benzene rings is 1. The van der Waals surface area contributed by atoms with E-state index < -0.39 is 10.0 Å². The molecular weight excluding hydrogens is 268 g/mol. The van der Waals surface area contributed by atoms with Crippen molar-refractivity contribution in [3.8, 4) is 11.5 Å². The molecule has 1 aromatic rings. The zero-order chi connectivity index (χ0) is 13.9. The predicted octanol–water partition coefficient (Wildman–Crippen LogP) is 0.745. The van der Waals surface area contributed by atoms with Gasteiger partial charge in [-0.05, 0) is 37.6 Å². The molecule has 0 aromatic heterocycles. The number of nitrogens with two attached hydrogens (primary N) is 1. The molecule has 7 heteroatoms. The van der Waals surface area contributed by atoms with E-state index in [-0.39, 0.29) is 18.6 Å². The van der Waals surface area contributed by atoms with E-state index in [1.807, 2.05) is 25.1 Å². The standard InChI is InChI=1S/C12H18N2O4S/c1-9(14-5-2-6-19(13,15)16)10-3-4-11-12(7-10)18-8-17-11/h3-4,7,9,14H,2,5-6,8H2,1H3,(H2,13,15,16). The molecule has 0 bridgehead atoms. The first-order chi connectivity index (χ1) is 8.96. The quantitative estimate of drug-likeness (QED) is 0.753. The number of fused-ring (bicyclic) bond motifs is 1. The Morgan fingerprint density at radius 1 is 1.37 bits per heavy atom. The van der Waals surface area contributed by atoms with Crippen molar-refractivity contribution >= 4 is 10.0 Å². The molecule has 0 saturated heterocycles. The molecule has 0 radical (unpaired) electrons. The van der Waals surface area contributed by atoms with Crippen LogP contribution in [0.5, 0.6) is 11.5 Å². The molecule has 1 unspecified atom stereocenters. The lowest BCUT2D eigenvalue weighted by molar-refractivity contribution is 0.174. The minimum absolute atomic E-state index is 0.00609. The molecule has 0 aliphatic carbocycles. The van der Waals surface area contributed by atoms with Gasteiger partial charge in [-0.2, -0.15) is 0 Å². The second-order valence-corrected chi connectivity index (χ2v) is 6.24. The number of rotatable bonds is 6. The molecule has 6 nitrogen and oxygen atoms in total. The Labute approximate surface area is 112 Å². The van der Waals surface area contributed by atoms with Crippen molar-refractivity contribution < 1.29 is 17.9 Å². The summed E-state index contributed by atoms with van der Waals surface area (Å²) in [6.45, 7) is 2.86. The summed E-state index contributed by atoms with van der Waals surface area (Å²) in [5, 5.41) is 8.19. The highest BCUT2D eigenvalue weighted by atomic mass is 32.2. The summed E-state index contributed by atoms with van der Waals surface area (Å²) in [4.78, 5) is 0. The Bertz CT molecular complexity index is 545. The SMILES string of the molecule is CC(NCCCS(N)(=O)=O)c1ccc2c(c1)OCO2. The summed E-state index contributed by atoms with van der Waals surface area (Å²) in [6.07, 6.45) is 0.494. The summed E-state index contributed by atoms with van der Waals surface area (Å²) >= 11 is 0. The van der Waals surface area contributed by atoms with Gasteiger partial charge in [0.25, 0.3) is 0 Å². The van der Waals surface area contributed by atoms with Gasteiger partial charge >= 0.3 is 0 Å². The average molecular weight is 286 g/mol. The molecule has 0 amide bonds. The first kappa shape index (κ1) is 14.1. The lowest BCUT2D eigenvalue weighted by Gasteiger charge is -2.14. The van der Waals surface area contributed by atoms with Gasteiger partial charge in [-0.15, -0.1) is 0 Å². The Kier molecular flexibility index (Phi) is 4.28. The van der Waals surface area contributed by atoms with Gasteiger partial charge in [0.1, 0.15) is 0 Å². The van der Waals surface area contributed by atoms with Crippen LogP contribution in [0, 0.1) is 0 Å². The van der Waals surface area contributed by atoms with Crippen LogP contribution in [0.2, 0.25) is 0 Å². The minimum Gasteiger partial charge on any atom is -0.454 e. The van der Waals surface area contributed by atoms with Crippen LogP contribution in [0.3, 0.4) is 0 Å². The number of sulfonamides is 1. The van der Waals surface area contributed by atoms with E-state index in [4.69, 9.17) is 14.6 Å². The highest BCUT2D eigenvalue weighted by Gasteiger charge is 2.15. The van der Waals surface area contributed by atoms with Gasteiger partial charge in [0.05, 0.1) is 5.75 Å². The van der Waals surface area contributed by atoms with Crippen molar-refractivity contribution in [1.29, 1.82) is 0 Å². The van der Waals surface area contributed by atoms with Gasteiger partial charge in [0.15, 0.2) is 11.5 Å². The third-order valence-electron chi connectivity index (χ3n) is 2.95. The van der Waals surface area contributed by atoms with Crippen LogP contribution in [-0.2, 0) is 10.0 Å². The van der Waals surface area contributed by atoms with Crippen LogP contribution in [0.25, 0.3) is 0 Å². The molecule has 1 aromatic carbocycles. The summed E-state index contributed by atoms with van der Waals surface area (Å²) in [6, 6.07) is 5.88. The van der Waals surface area contributed by atoms with Crippen LogP contribution in [-0.4, -0.2) is 27.5 Å². The summed E-state index contributed by atoms with van der Waals surface area (Å²) in [7, 11) is -3.37. The average Bonchev–Trinajstić information content (AvgIpc) is 2.80. The normalized spacial score (nSPS) is 15.5. The minimum atomic E-state index is -3.37. The molecule has 1 heterocycles. The maximum absolute atomic E-state index is 10.8. The second-order valence-electron chi connectivity index (χ2n) is 4.51. The van der Waals surface area contributed by atoms with Crippen molar-refractivity contribution in [3.05, 3.63) is 23.8 Å². The second kappa shape index (κ2) is 5.77. The Morgan fingerprint density at radius 3 is 2.84 bits per heavy atom. The van der Waals surface area contributed by atoms with Gasteiger partial charge in [-0.25, -0.2) is 13.6 Å². The maximum Gasteiger partial charge on any atom is 0.231 e. The Morgan fingerprint density at radius 2 is 2.11 bits per heavy atom. The fourth-order valence-corrected chi connectivity index (χ4v) is 2.44. The van der Waals surface area contributed by atoms with Crippen LogP contribution >= 0.6 is 0 Å². The Hall–Kier alpha value is -1.31. The third kappa shape index (κ3) is 4.09. The zero-order valence-corrected chi connectivity index (χ0v) is 11.6. The van der Waals surface area contributed by atoms with Crippen LogP contribution in [0.1, 0.15) is 24.9 Å². The molecule has 3 N–H and O–H groups in total. The van der Waals surface area contributed by atoms with Gasteiger partial charge in [0.2, 0.25) is 16.8 Å². The van der Waals surface area contributed by atoms with Crippen LogP contribution in [0.15, 0.2) is 18.2 Å². The summed E-state index contributed by atoms with van der Waals surface area (Å²) < 4.78 is 32.1. The fraction of sp³-hybridized carbons (Fsp3) is 0.500. The van der Waals surface area contributed by atoms with E-state index >= 15 is 0 Å². The lowest BCUT2D eigenvalue weighted by atomic mass is 10.1. The first-order valence-electron chi connectivity index (χ1n) is 6.09. The van der Waals surface area contributed by atoms with E-state index in [0.717, 1.165) is 17.1 Å². The molecule has 1 atom stereocenters. The monoisotopic (exact) mass is 286 g/mol. The number of hydrogen-bond donors (Lipinski definition) is 2. The van der Waals surface area contributed by atoms with E-state index in [2.05, 4.69) is 5.32 Å². The molecule has 1 aliphatic heterocycles. The van der Waals surface area contributed by atoms with Crippen molar-refractivity contribution in [2.45, 2.75) is 19.4 Å². The first-order valence-corrected chi connectivity index (χ1v) is 7.81. The molecule has 2 rings (SSSR count). The molecule has 0 saturated carbocycles. The van der Waals surface area contributed by atoms with Crippen molar-refractivity contribution in [2.75, 3.05) is 19.1 Å². The topological polar surface area (TPSA) is 90.7 Å². The van der Waals surface area contributed by atoms with E-state index in [1.165, 1.54) is 0 Å². The predicted molar refractivity (Wildman–Crippen MR) is 71.6 cm³/mol. The summed E-state index contributed by atoms with van der Waals surface area (Å²) in [5.74, 6) is 1.49. The van der Waals surface area contributed by atoms with Crippen molar-refractivity contribution in [2.24, 2.45) is 5.14 Å². The maximum atomic E-state index is 10.8. The van der Waals surface area contributed by atoms with E-state index in [0.29, 0.717) is 13.0 Å². The van der Waals surface area contributed by atoms with E-state index in [9.17, 15) is 8.42 Å². The summed E-state index contributed by atoms with van der Waals surface area (Å²) in [5.41, 5.74) is 1.07. The molecule has 0 fully saturated rings. The highest BCUT2D eigenvalue weighted by molar-refractivity contribution is 7.89. The largest absolute Gasteiger partial charge is 0.454 e. The number of hydrogen-bond acceptors (Lipinski definition) is 5. The number of nitrogens with one attached hydrogen (secondary N) is 1. The Balaban J connectivity index is 1.85. The molecule has 19 heavy (non-hydrogen) atoms. The van der Waals surface area contributed by atoms with Crippen molar-refractivity contribution in [1.82, 2.24) is 5.32 Å². The van der Waals surface area contributed by atoms with Gasteiger partial charge < -0.3 is 14.8 Å². The fourth-order valence-electron chi connectivity index (χ4n) is 1.89. The zero-order valence-electron chi connectivity index (χ0n) is 10.8. The number of ether oxygens (including phenoxy) is 2. The van der Waals surface area contributed by atoms with Crippen LogP contribution in [0.4, 0.5) is 0 Å². The highest BCUT2D eigenvalue weighted by Crippen LogP contribution is 2.34. The lowest BCUT2D eigenvalue weighted by Crippen LogP contribution is -2.24. The molecule has 0 spiro atoms. The molecule has 1 aliphatic rings. The van der Waals surface area contributed by atoms with Gasteiger partial charge in [-0.1, -0.05) is 6.07 Å². The van der Waals surface area contributed by atoms with E-state index in [1.54, 1.807) is 0 Å². The molecular formula is C12H18N2O4S. The third-order valence-corrected chi connectivity index (χ3v) is 3.81.